The fourth-order valence-electron chi connectivity index (χ4n) is 0.266. The molecule has 0 aromatic carbocycles. The van der Waals surface area contributed by atoms with E-state index in [1.54, 1.807) is 6.92 Å². The Labute approximate surface area is 162 Å². The van der Waals surface area contributed by atoms with E-state index in [0.717, 1.165) is 45.4 Å². The van der Waals surface area contributed by atoms with Crippen molar-refractivity contribution < 1.29 is 14.3 Å². The van der Waals surface area contributed by atoms with Gasteiger partial charge in [0.2, 0.25) is 0 Å². The SMILES string of the molecule is CCC(=O)OC(=O)C(C)Cl.[KH].[K][Br]. The maximum atomic E-state index is 10.5. The summed E-state index contributed by atoms with van der Waals surface area (Å²) in [6.45, 7) is 6.18. The molecule has 0 radical (unpaired) electrons. The second kappa shape index (κ2) is 15.2. The van der Waals surface area contributed by atoms with Gasteiger partial charge in [0.15, 0.2) is 0 Å². The number of esters is 2. The van der Waals surface area contributed by atoms with Crippen LogP contribution in [-0.2, 0) is 14.3 Å². The van der Waals surface area contributed by atoms with E-state index in [4.69, 9.17) is 11.6 Å². The molecular weight excluding hydrogens is 314 g/mol. The summed E-state index contributed by atoms with van der Waals surface area (Å²) in [5.74, 6) is -1.23. The van der Waals surface area contributed by atoms with Gasteiger partial charge in [-0.2, -0.15) is 0 Å². The third kappa shape index (κ3) is 15.2. The third-order valence-corrected chi connectivity index (χ3v) is 1.01. The van der Waals surface area contributed by atoms with Crippen LogP contribution in [0.2, 0.25) is 0 Å². The zero-order valence-corrected chi connectivity index (χ0v) is 12.7. The van der Waals surface area contributed by atoms with Crippen molar-refractivity contribution in [1.82, 2.24) is 0 Å². The summed E-state index contributed by atoms with van der Waals surface area (Å²) in [4.78, 5) is 21.0. The molecule has 13 heavy (non-hydrogen) atoms. The standard InChI is InChI=1S/C6H9ClO3.BrH.2K.H/c1-3-5(8)10-6(9)4(2)7;;;;/h4H,3H2,1-2H3;1H;;;/q;;;+1;/p-1. The van der Waals surface area contributed by atoms with Crippen molar-refractivity contribution in [2.75, 3.05) is 0 Å². The minimum atomic E-state index is -0.754. The molecule has 0 heterocycles. The molecule has 0 N–H and O–H groups in total. The van der Waals surface area contributed by atoms with Gasteiger partial charge in [0.05, 0.1) is 0 Å². The first-order chi connectivity index (χ1) is 5.57. The number of carbonyl (C=O) groups is 2. The van der Waals surface area contributed by atoms with E-state index in [2.05, 4.69) is 11.3 Å². The summed E-state index contributed by atoms with van der Waals surface area (Å²) in [5.41, 5.74) is 0. The molecule has 0 saturated heterocycles. The Balaban J connectivity index is -0.000000309. The van der Waals surface area contributed by atoms with Crippen molar-refractivity contribution >= 4 is 127 Å². The van der Waals surface area contributed by atoms with Crippen LogP contribution in [-0.4, -0.2) is 114 Å². The first-order valence-electron chi connectivity index (χ1n) is 3.34. The van der Waals surface area contributed by atoms with Gasteiger partial charge >= 0.3 is 115 Å². The van der Waals surface area contributed by atoms with Crippen molar-refractivity contribution in [2.45, 2.75) is 25.6 Å². The number of hydrogen-bond donors (Lipinski definition) is 0. The first kappa shape index (κ1) is 21.5. The van der Waals surface area contributed by atoms with E-state index in [1.165, 1.54) is 6.92 Å². The molecule has 0 bridgehead atoms. The molecule has 0 fully saturated rings. The topological polar surface area (TPSA) is 43.4 Å². The second-order valence-corrected chi connectivity index (χ2v) is 2.42. The van der Waals surface area contributed by atoms with E-state index in [0.29, 0.717) is 0 Å². The third-order valence-electron chi connectivity index (χ3n) is 0.828. The maximum absolute atomic E-state index is 10.5. The zero-order valence-electron chi connectivity index (χ0n) is 7.27. The fraction of sp³-hybridized carbons (Fsp3) is 0.667. The Bertz CT molecular complexity index is 155. The second-order valence-electron chi connectivity index (χ2n) is 1.76. The Morgan fingerprint density at radius 2 is 1.92 bits per heavy atom. The van der Waals surface area contributed by atoms with E-state index < -0.39 is 17.3 Å². The summed E-state index contributed by atoms with van der Waals surface area (Å²) in [7, 11) is 0. The monoisotopic (exact) mass is 322 g/mol. The quantitative estimate of drug-likeness (QED) is 0.328. The molecule has 0 aliphatic carbocycles. The number of hydrogen-bond acceptors (Lipinski definition) is 3. The summed E-state index contributed by atoms with van der Waals surface area (Å²) in [6.07, 6.45) is 0.190. The minimum absolute atomic E-state index is 0. The molecule has 0 aliphatic rings. The van der Waals surface area contributed by atoms with Crippen LogP contribution >= 0.6 is 18.2 Å². The Hall–Kier alpha value is 3.18. The van der Waals surface area contributed by atoms with Gasteiger partial charge in [-0.1, -0.05) is 6.92 Å². The molecule has 1 atom stereocenters. The molecular formula is C6H10BrClK2O3. The van der Waals surface area contributed by atoms with Crippen LogP contribution in [0.3, 0.4) is 0 Å². The molecule has 7 heteroatoms. The number of alkyl halides is 1. The molecule has 0 aliphatic heterocycles. The number of carbonyl (C=O) groups excluding carboxylic acids is 2. The van der Waals surface area contributed by atoms with Gasteiger partial charge in [0.1, 0.15) is 5.38 Å². The van der Waals surface area contributed by atoms with E-state index in [1.807, 2.05) is 0 Å². The van der Waals surface area contributed by atoms with E-state index in [9.17, 15) is 9.59 Å². The van der Waals surface area contributed by atoms with Gasteiger partial charge in [0.25, 0.3) is 0 Å². The van der Waals surface area contributed by atoms with E-state index in [-0.39, 0.29) is 57.8 Å². The number of rotatable bonds is 2. The predicted molar refractivity (Wildman–Crippen MR) is 58.5 cm³/mol. The Kier molecular flexibility index (Phi) is 25.1. The molecule has 68 valence electrons. The van der Waals surface area contributed by atoms with Crippen LogP contribution in [0.15, 0.2) is 0 Å². The van der Waals surface area contributed by atoms with Crippen LogP contribution in [0.25, 0.3) is 0 Å². The molecule has 1 unspecified atom stereocenters. The molecule has 0 aromatic rings. The number of ether oxygens (including phenoxy) is 1. The van der Waals surface area contributed by atoms with Crippen LogP contribution in [0, 0.1) is 0 Å². The van der Waals surface area contributed by atoms with Gasteiger partial charge < -0.3 is 4.74 Å². The van der Waals surface area contributed by atoms with Crippen molar-refractivity contribution in [3.05, 3.63) is 0 Å². The van der Waals surface area contributed by atoms with Crippen LogP contribution in [0.1, 0.15) is 20.3 Å². The normalized spacial score (nSPS) is 10.0. The zero-order chi connectivity index (χ0) is 10.1. The van der Waals surface area contributed by atoms with Crippen molar-refractivity contribution in [2.24, 2.45) is 0 Å². The average Bonchev–Trinajstić information content (AvgIpc) is 2.07. The Morgan fingerprint density at radius 1 is 1.54 bits per heavy atom. The molecule has 0 rings (SSSR count). The average molecular weight is 324 g/mol. The van der Waals surface area contributed by atoms with Gasteiger partial charge in [-0.25, -0.2) is 4.79 Å². The van der Waals surface area contributed by atoms with Crippen LogP contribution in [0.5, 0.6) is 0 Å². The molecule has 0 saturated carbocycles. The molecule has 3 nitrogen and oxygen atoms in total. The van der Waals surface area contributed by atoms with Crippen molar-refractivity contribution in [1.29, 1.82) is 0 Å². The van der Waals surface area contributed by atoms with Crippen molar-refractivity contribution in [3.8, 4) is 0 Å². The first-order valence-corrected chi connectivity index (χ1v) is 11.5. The summed E-state index contributed by atoms with van der Waals surface area (Å²) < 4.78 is 4.25. The van der Waals surface area contributed by atoms with Gasteiger partial charge in [0, 0.05) is 6.42 Å². The molecule has 0 amide bonds. The van der Waals surface area contributed by atoms with Crippen molar-refractivity contribution in [3.63, 3.8) is 0 Å². The van der Waals surface area contributed by atoms with Gasteiger partial charge in [-0.05, 0) is 6.92 Å². The Morgan fingerprint density at radius 3 is 2.15 bits per heavy atom. The fourth-order valence-corrected chi connectivity index (χ4v) is 0.310. The molecule has 0 spiro atoms. The van der Waals surface area contributed by atoms with E-state index >= 15 is 0 Å². The summed E-state index contributed by atoms with van der Waals surface area (Å²) >= 11 is 6.18. The van der Waals surface area contributed by atoms with Gasteiger partial charge in [-0.3, -0.25) is 4.79 Å². The summed E-state index contributed by atoms with van der Waals surface area (Å²) in [5, 5.41) is -0.754. The van der Waals surface area contributed by atoms with Crippen LogP contribution < -0.4 is 0 Å². The summed E-state index contributed by atoms with van der Waals surface area (Å²) in [6, 6.07) is 0. The van der Waals surface area contributed by atoms with Gasteiger partial charge in [-0.15, -0.1) is 11.6 Å². The predicted octanol–water partition coefficient (Wildman–Crippen LogP) is 0.910. The molecule has 0 aromatic heterocycles. The number of halogens is 2. The van der Waals surface area contributed by atoms with Crippen LogP contribution in [0.4, 0.5) is 0 Å².